The van der Waals surface area contributed by atoms with Crippen LogP contribution >= 0.6 is 11.3 Å². The van der Waals surface area contributed by atoms with E-state index in [2.05, 4.69) is 5.32 Å². The molecule has 24 heavy (non-hydrogen) atoms. The van der Waals surface area contributed by atoms with E-state index in [1.54, 1.807) is 10.4 Å². The summed E-state index contributed by atoms with van der Waals surface area (Å²) in [4.78, 5) is 12.7. The average Bonchev–Trinajstić information content (AvgIpc) is 3.00. The predicted octanol–water partition coefficient (Wildman–Crippen LogP) is 1.57. The SMILES string of the molecule is CS(=O)(=O)N1CCCCC1CCNC(=O)/C=C/c1cc(CO)cs1. The summed E-state index contributed by atoms with van der Waals surface area (Å²) < 4.78 is 25.1. The fraction of sp³-hybridized carbons (Fsp3) is 0.562. The third-order valence-electron chi connectivity index (χ3n) is 4.03. The lowest BCUT2D eigenvalue weighted by molar-refractivity contribution is -0.116. The molecule has 1 aliphatic heterocycles. The summed E-state index contributed by atoms with van der Waals surface area (Å²) in [7, 11) is -3.18. The highest BCUT2D eigenvalue weighted by Gasteiger charge is 2.28. The van der Waals surface area contributed by atoms with Crippen LogP contribution in [0.1, 0.15) is 36.1 Å². The summed E-state index contributed by atoms with van der Waals surface area (Å²) >= 11 is 1.47. The van der Waals surface area contributed by atoms with Crippen LogP contribution in [0.3, 0.4) is 0 Å². The van der Waals surface area contributed by atoms with Gasteiger partial charge in [-0.2, -0.15) is 4.31 Å². The van der Waals surface area contributed by atoms with Crippen molar-refractivity contribution in [1.82, 2.24) is 9.62 Å². The molecule has 0 saturated carbocycles. The highest BCUT2D eigenvalue weighted by atomic mass is 32.2. The fourth-order valence-electron chi connectivity index (χ4n) is 2.84. The van der Waals surface area contributed by atoms with Gasteiger partial charge in [-0.3, -0.25) is 4.79 Å². The number of aliphatic hydroxyl groups is 1. The van der Waals surface area contributed by atoms with Gasteiger partial charge >= 0.3 is 0 Å². The molecule has 0 bridgehead atoms. The van der Waals surface area contributed by atoms with Crippen molar-refractivity contribution in [3.63, 3.8) is 0 Å². The molecule has 2 heterocycles. The van der Waals surface area contributed by atoms with Gasteiger partial charge in [-0.25, -0.2) is 8.42 Å². The van der Waals surface area contributed by atoms with Crippen LogP contribution in [0.15, 0.2) is 17.5 Å². The second-order valence-corrected chi connectivity index (χ2v) is 8.83. The third-order valence-corrected chi connectivity index (χ3v) is 6.31. The monoisotopic (exact) mass is 372 g/mol. The van der Waals surface area contributed by atoms with E-state index in [0.29, 0.717) is 19.5 Å². The molecule has 134 valence electrons. The Morgan fingerprint density at radius 2 is 2.29 bits per heavy atom. The molecule has 1 atom stereocenters. The zero-order valence-corrected chi connectivity index (χ0v) is 15.4. The Labute approximate surface area is 147 Å². The summed E-state index contributed by atoms with van der Waals surface area (Å²) in [5, 5.41) is 13.7. The number of hydrogen-bond donors (Lipinski definition) is 2. The Bertz CT molecular complexity index is 682. The topological polar surface area (TPSA) is 86.7 Å². The van der Waals surface area contributed by atoms with Crippen molar-refractivity contribution in [3.8, 4) is 0 Å². The number of nitrogens with zero attached hydrogens (tertiary/aromatic N) is 1. The molecule has 1 unspecified atom stereocenters. The molecule has 0 aliphatic carbocycles. The smallest absolute Gasteiger partial charge is 0.244 e. The molecule has 0 spiro atoms. The van der Waals surface area contributed by atoms with Crippen molar-refractivity contribution in [2.75, 3.05) is 19.3 Å². The number of amides is 1. The number of hydrogen-bond acceptors (Lipinski definition) is 5. The molecule has 0 aromatic carbocycles. The van der Waals surface area contributed by atoms with Gasteiger partial charge in [-0.1, -0.05) is 6.42 Å². The average molecular weight is 373 g/mol. The van der Waals surface area contributed by atoms with E-state index >= 15 is 0 Å². The number of thiophene rings is 1. The largest absolute Gasteiger partial charge is 0.392 e. The molecule has 8 heteroatoms. The summed E-state index contributed by atoms with van der Waals surface area (Å²) in [5.74, 6) is -0.198. The van der Waals surface area contributed by atoms with Crippen molar-refractivity contribution >= 4 is 33.3 Å². The highest BCUT2D eigenvalue weighted by Crippen LogP contribution is 2.21. The number of rotatable bonds is 7. The zero-order valence-electron chi connectivity index (χ0n) is 13.8. The Balaban J connectivity index is 1.79. The molecule has 1 aliphatic rings. The van der Waals surface area contributed by atoms with E-state index in [4.69, 9.17) is 5.11 Å². The number of nitrogens with one attached hydrogen (secondary N) is 1. The first kappa shape index (κ1) is 19.1. The molecule has 2 rings (SSSR count). The van der Waals surface area contributed by atoms with Gasteiger partial charge in [0.2, 0.25) is 15.9 Å². The molecule has 1 aromatic heterocycles. The Morgan fingerprint density at radius 1 is 1.50 bits per heavy atom. The highest BCUT2D eigenvalue weighted by molar-refractivity contribution is 7.88. The van der Waals surface area contributed by atoms with Gasteiger partial charge in [0, 0.05) is 30.1 Å². The molecule has 1 saturated heterocycles. The molecule has 1 fully saturated rings. The first-order valence-electron chi connectivity index (χ1n) is 8.01. The Kier molecular flexibility index (Phi) is 6.97. The minimum atomic E-state index is -3.18. The van der Waals surface area contributed by atoms with Gasteiger partial charge in [0.15, 0.2) is 0 Å². The minimum Gasteiger partial charge on any atom is -0.392 e. The van der Waals surface area contributed by atoms with Gasteiger partial charge < -0.3 is 10.4 Å². The van der Waals surface area contributed by atoms with Gasteiger partial charge in [0.25, 0.3) is 0 Å². The van der Waals surface area contributed by atoms with E-state index in [9.17, 15) is 13.2 Å². The van der Waals surface area contributed by atoms with E-state index < -0.39 is 10.0 Å². The second kappa shape index (κ2) is 8.75. The number of sulfonamides is 1. The maximum atomic E-state index is 11.8. The number of carbonyl (C=O) groups excluding carboxylic acids is 1. The number of carbonyl (C=O) groups is 1. The number of aliphatic hydroxyl groups excluding tert-OH is 1. The molecule has 6 nitrogen and oxygen atoms in total. The van der Waals surface area contributed by atoms with Gasteiger partial charge in [-0.15, -0.1) is 11.3 Å². The van der Waals surface area contributed by atoms with E-state index in [1.165, 1.54) is 23.7 Å². The molecule has 1 aromatic rings. The Hall–Kier alpha value is -1.22. The van der Waals surface area contributed by atoms with Gasteiger partial charge in [0.05, 0.1) is 12.9 Å². The van der Waals surface area contributed by atoms with E-state index in [1.807, 2.05) is 11.4 Å². The van der Waals surface area contributed by atoms with Crippen LogP contribution in [0, 0.1) is 0 Å². The fourth-order valence-corrected chi connectivity index (χ4v) is 4.85. The third kappa shape index (κ3) is 5.70. The first-order chi connectivity index (χ1) is 11.4. The van der Waals surface area contributed by atoms with Crippen molar-refractivity contribution in [2.45, 2.75) is 38.3 Å². The second-order valence-electron chi connectivity index (χ2n) is 5.95. The molecule has 0 radical (unpaired) electrons. The summed E-state index contributed by atoms with van der Waals surface area (Å²) in [6.07, 6.45) is 7.81. The van der Waals surface area contributed by atoms with Crippen LogP contribution in [-0.2, 0) is 21.4 Å². The minimum absolute atomic E-state index is 0.00520. The van der Waals surface area contributed by atoms with Crippen LogP contribution in [0.25, 0.3) is 6.08 Å². The Morgan fingerprint density at radius 3 is 2.96 bits per heavy atom. The van der Waals surface area contributed by atoms with Crippen LogP contribution < -0.4 is 5.32 Å². The van der Waals surface area contributed by atoms with Gasteiger partial charge in [0.1, 0.15) is 0 Å². The van der Waals surface area contributed by atoms with Crippen LogP contribution in [-0.4, -0.2) is 49.1 Å². The molecular formula is C16H24N2O4S2. The van der Waals surface area contributed by atoms with Crippen molar-refractivity contribution in [2.24, 2.45) is 0 Å². The van der Waals surface area contributed by atoms with Crippen molar-refractivity contribution in [1.29, 1.82) is 0 Å². The normalized spacial score (nSPS) is 19.7. The van der Waals surface area contributed by atoms with Crippen LogP contribution in [0.5, 0.6) is 0 Å². The van der Waals surface area contributed by atoms with E-state index in [-0.39, 0.29) is 18.6 Å². The van der Waals surface area contributed by atoms with Crippen LogP contribution in [0.2, 0.25) is 0 Å². The first-order valence-corrected chi connectivity index (χ1v) is 10.7. The lowest BCUT2D eigenvalue weighted by Crippen LogP contribution is -2.44. The summed E-state index contributed by atoms with van der Waals surface area (Å²) in [6.45, 7) is 1.02. The lowest BCUT2D eigenvalue weighted by Gasteiger charge is -2.33. The maximum absolute atomic E-state index is 11.8. The molecule has 2 N–H and O–H groups in total. The summed E-state index contributed by atoms with van der Waals surface area (Å²) in [5.41, 5.74) is 0.832. The summed E-state index contributed by atoms with van der Waals surface area (Å²) in [6, 6.07) is 1.81. The van der Waals surface area contributed by atoms with Gasteiger partial charge in [-0.05, 0) is 42.3 Å². The predicted molar refractivity (Wildman–Crippen MR) is 96.1 cm³/mol. The molecular weight excluding hydrogens is 348 g/mol. The standard InChI is InChI=1S/C16H24N2O4S2/c1-24(21,22)18-9-3-2-4-14(18)7-8-17-16(20)6-5-15-10-13(11-19)12-23-15/h5-6,10,12,14,19H,2-4,7-9,11H2,1H3,(H,17,20)/b6-5+. The van der Waals surface area contributed by atoms with Crippen molar-refractivity contribution < 1.29 is 18.3 Å². The molecule has 1 amide bonds. The van der Waals surface area contributed by atoms with Crippen molar-refractivity contribution in [3.05, 3.63) is 28.0 Å². The quantitative estimate of drug-likeness (QED) is 0.712. The number of piperidine rings is 1. The van der Waals surface area contributed by atoms with E-state index in [0.717, 1.165) is 29.7 Å². The van der Waals surface area contributed by atoms with Crippen LogP contribution in [0.4, 0.5) is 0 Å². The maximum Gasteiger partial charge on any atom is 0.244 e. The lowest BCUT2D eigenvalue weighted by atomic mass is 10.0. The zero-order chi connectivity index (χ0) is 17.6.